The van der Waals surface area contributed by atoms with Gasteiger partial charge in [0, 0.05) is 13.2 Å². The molecule has 0 bridgehead atoms. The first-order valence-electron chi connectivity index (χ1n) is 5.05. The highest BCUT2D eigenvalue weighted by molar-refractivity contribution is 5.38. The van der Waals surface area contributed by atoms with Crippen molar-refractivity contribution in [1.29, 1.82) is 0 Å². The van der Waals surface area contributed by atoms with E-state index >= 15 is 0 Å². The number of hydrogen-bond acceptors (Lipinski definition) is 2. The quantitative estimate of drug-likeness (QED) is 0.626. The van der Waals surface area contributed by atoms with Gasteiger partial charge in [-0.3, -0.25) is 4.90 Å². The Balaban J connectivity index is 2.32. The van der Waals surface area contributed by atoms with Gasteiger partial charge in [-0.15, -0.1) is 0 Å². The maximum absolute atomic E-state index is 5.48. The van der Waals surface area contributed by atoms with E-state index in [0.29, 0.717) is 12.1 Å². The summed E-state index contributed by atoms with van der Waals surface area (Å²) in [6, 6.07) is 0.867. The lowest BCUT2D eigenvalue weighted by atomic mass is 9.90. The first kappa shape index (κ1) is 9.69. The molecule has 0 fully saturated rings. The molecule has 0 radical (unpaired) electrons. The highest BCUT2D eigenvalue weighted by Gasteiger charge is 2.31. The van der Waals surface area contributed by atoms with Crippen LogP contribution in [0.25, 0.3) is 0 Å². The second-order valence-electron chi connectivity index (χ2n) is 3.96. The molecule has 0 amide bonds. The second kappa shape index (κ2) is 3.71. The third-order valence-electron chi connectivity index (χ3n) is 3.16. The highest BCUT2D eigenvalue weighted by atomic mass is 16.5. The third kappa shape index (κ3) is 1.45. The van der Waals surface area contributed by atoms with Crippen LogP contribution in [0.15, 0.2) is 36.0 Å². The molecular formula is C12H17NO. The number of likely N-dealkylation sites (N-methyl/N-ethyl adjacent to an activating group) is 1. The van der Waals surface area contributed by atoms with Crippen LogP contribution in [0.2, 0.25) is 0 Å². The largest absolute Gasteiger partial charge is 0.375 e. The monoisotopic (exact) mass is 191 g/mol. The molecule has 14 heavy (non-hydrogen) atoms. The van der Waals surface area contributed by atoms with Crippen molar-refractivity contribution < 1.29 is 4.74 Å². The number of fused-ring (bicyclic) bond motifs is 1. The topological polar surface area (TPSA) is 12.5 Å². The van der Waals surface area contributed by atoms with E-state index < -0.39 is 0 Å². The molecule has 2 heteroatoms. The second-order valence-corrected chi connectivity index (χ2v) is 3.96. The predicted octanol–water partition coefficient (Wildman–Crippen LogP) is 1.76. The Morgan fingerprint density at radius 2 is 2.14 bits per heavy atom. The van der Waals surface area contributed by atoms with Crippen molar-refractivity contribution in [1.82, 2.24) is 4.90 Å². The summed E-state index contributed by atoms with van der Waals surface area (Å²) in [6.45, 7) is 2.21. The maximum Gasteiger partial charge on any atom is 0.0951 e. The van der Waals surface area contributed by atoms with Gasteiger partial charge in [0.1, 0.15) is 0 Å². The molecule has 0 saturated heterocycles. The lowest BCUT2D eigenvalue weighted by molar-refractivity contribution is 0.0601. The number of allylic oxidation sites excluding steroid dienone is 2. The average molecular weight is 191 g/mol. The highest BCUT2D eigenvalue weighted by Crippen LogP contribution is 2.27. The van der Waals surface area contributed by atoms with Crippen LogP contribution in [0.3, 0.4) is 0 Å². The molecule has 0 saturated carbocycles. The van der Waals surface area contributed by atoms with Crippen molar-refractivity contribution in [3.8, 4) is 0 Å². The first-order chi connectivity index (χ1) is 6.74. The van der Waals surface area contributed by atoms with Gasteiger partial charge in [-0.2, -0.15) is 0 Å². The summed E-state index contributed by atoms with van der Waals surface area (Å²) in [5.41, 5.74) is 1.35. The Hall–Kier alpha value is -0.860. The summed E-state index contributed by atoms with van der Waals surface area (Å²) in [5, 5.41) is 0. The van der Waals surface area contributed by atoms with Gasteiger partial charge in [0.2, 0.25) is 0 Å². The van der Waals surface area contributed by atoms with Crippen molar-refractivity contribution in [2.24, 2.45) is 0 Å². The molecule has 0 aromatic rings. The van der Waals surface area contributed by atoms with Gasteiger partial charge >= 0.3 is 0 Å². The third-order valence-corrected chi connectivity index (χ3v) is 3.16. The first-order valence-corrected chi connectivity index (χ1v) is 5.05. The summed E-state index contributed by atoms with van der Waals surface area (Å²) < 4.78 is 5.48. The van der Waals surface area contributed by atoms with Crippen molar-refractivity contribution in [2.75, 3.05) is 14.2 Å². The number of nitrogens with zero attached hydrogens (tertiary/aromatic N) is 1. The molecule has 0 spiro atoms. The van der Waals surface area contributed by atoms with Gasteiger partial charge in [0.25, 0.3) is 0 Å². The molecular weight excluding hydrogens is 174 g/mol. The van der Waals surface area contributed by atoms with Gasteiger partial charge in [-0.25, -0.2) is 0 Å². The summed E-state index contributed by atoms with van der Waals surface area (Å²) in [5.74, 6) is 0. The van der Waals surface area contributed by atoms with E-state index in [1.54, 1.807) is 7.11 Å². The van der Waals surface area contributed by atoms with Crippen molar-refractivity contribution in [2.45, 2.75) is 25.1 Å². The molecule has 1 aliphatic heterocycles. The molecule has 3 unspecified atom stereocenters. The van der Waals surface area contributed by atoms with Crippen LogP contribution in [0, 0.1) is 0 Å². The standard InChI is InChI=1S/C12H17NO/c1-9-7-8-10-5-4-6-11(14-3)12(10)13(9)2/h4-9,11-12H,1-3H3. The molecule has 2 nitrogen and oxygen atoms in total. The van der Waals surface area contributed by atoms with Crippen LogP contribution < -0.4 is 0 Å². The van der Waals surface area contributed by atoms with E-state index in [2.05, 4.69) is 49.3 Å². The summed E-state index contributed by atoms with van der Waals surface area (Å²) in [6.07, 6.45) is 11.0. The van der Waals surface area contributed by atoms with E-state index in [9.17, 15) is 0 Å². The van der Waals surface area contributed by atoms with Gasteiger partial charge in [0.05, 0.1) is 12.1 Å². The van der Waals surface area contributed by atoms with Crippen LogP contribution >= 0.6 is 0 Å². The lowest BCUT2D eigenvalue weighted by Gasteiger charge is -2.40. The fourth-order valence-electron chi connectivity index (χ4n) is 2.14. The number of ether oxygens (including phenoxy) is 1. The number of rotatable bonds is 1. The smallest absolute Gasteiger partial charge is 0.0951 e. The minimum Gasteiger partial charge on any atom is -0.375 e. The Kier molecular flexibility index (Phi) is 2.57. The van der Waals surface area contributed by atoms with E-state index in [-0.39, 0.29) is 6.10 Å². The molecule has 2 rings (SSSR count). The molecule has 0 N–H and O–H groups in total. The van der Waals surface area contributed by atoms with E-state index in [1.165, 1.54) is 5.57 Å². The summed E-state index contributed by atoms with van der Waals surface area (Å²) >= 11 is 0. The zero-order valence-corrected chi connectivity index (χ0v) is 8.97. The van der Waals surface area contributed by atoms with Gasteiger partial charge in [0.15, 0.2) is 0 Å². The average Bonchev–Trinajstić information content (AvgIpc) is 2.23. The Labute approximate surface area is 85.5 Å². The normalized spacial score (nSPS) is 36.8. The van der Waals surface area contributed by atoms with Gasteiger partial charge in [-0.05, 0) is 19.5 Å². The van der Waals surface area contributed by atoms with Gasteiger partial charge in [-0.1, -0.05) is 30.4 Å². The Morgan fingerprint density at radius 1 is 1.36 bits per heavy atom. The minimum atomic E-state index is 0.187. The summed E-state index contributed by atoms with van der Waals surface area (Å²) in [7, 11) is 3.92. The molecule has 0 aromatic carbocycles. The zero-order chi connectivity index (χ0) is 10.1. The van der Waals surface area contributed by atoms with Crippen LogP contribution in [0.4, 0.5) is 0 Å². The Morgan fingerprint density at radius 3 is 2.86 bits per heavy atom. The van der Waals surface area contributed by atoms with Crippen molar-refractivity contribution in [3.63, 3.8) is 0 Å². The minimum absolute atomic E-state index is 0.187. The van der Waals surface area contributed by atoms with Crippen molar-refractivity contribution in [3.05, 3.63) is 36.0 Å². The fourth-order valence-corrected chi connectivity index (χ4v) is 2.14. The van der Waals surface area contributed by atoms with Crippen LogP contribution in [-0.4, -0.2) is 37.2 Å². The van der Waals surface area contributed by atoms with Crippen LogP contribution in [0.1, 0.15) is 6.92 Å². The lowest BCUT2D eigenvalue weighted by Crippen LogP contribution is -2.48. The van der Waals surface area contributed by atoms with E-state index in [4.69, 9.17) is 4.74 Å². The SMILES string of the molecule is COC1C=CC=C2C=CC(C)N(C)C21. The van der Waals surface area contributed by atoms with Crippen LogP contribution in [0.5, 0.6) is 0 Å². The number of hydrogen-bond donors (Lipinski definition) is 0. The number of methoxy groups -OCH3 is 1. The van der Waals surface area contributed by atoms with Crippen LogP contribution in [-0.2, 0) is 4.74 Å². The summed E-state index contributed by atoms with van der Waals surface area (Å²) in [4.78, 5) is 2.35. The maximum atomic E-state index is 5.48. The molecule has 76 valence electrons. The molecule has 3 atom stereocenters. The molecule has 2 aliphatic rings. The predicted molar refractivity (Wildman–Crippen MR) is 58.2 cm³/mol. The molecule has 0 aromatic heterocycles. The molecule has 1 heterocycles. The molecule has 1 aliphatic carbocycles. The fraction of sp³-hybridized carbons (Fsp3) is 0.500. The zero-order valence-electron chi connectivity index (χ0n) is 8.97. The van der Waals surface area contributed by atoms with E-state index in [0.717, 1.165) is 0 Å². The van der Waals surface area contributed by atoms with E-state index in [1.807, 2.05) is 0 Å². The van der Waals surface area contributed by atoms with Gasteiger partial charge < -0.3 is 4.74 Å². The van der Waals surface area contributed by atoms with Crippen molar-refractivity contribution >= 4 is 0 Å². The Bertz CT molecular complexity index is 303.